The molecule has 0 bridgehead atoms. The molecule has 0 aromatic heterocycles. The summed E-state index contributed by atoms with van der Waals surface area (Å²) in [5, 5.41) is 11.6. The first-order valence-corrected chi connectivity index (χ1v) is 6.72. The van der Waals surface area contributed by atoms with Crippen molar-refractivity contribution in [3.05, 3.63) is 28.2 Å². The molecule has 0 radical (unpaired) electrons. The summed E-state index contributed by atoms with van der Waals surface area (Å²) in [6.45, 7) is 3.97. The van der Waals surface area contributed by atoms with Crippen LogP contribution in [0.1, 0.15) is 30.6 Å². The number of halogens is 1. The second kappa shape index (κ2) is 6.56. The Morgan fingerprint density at radius 3 is 2.58 bits per heavy atom. The van der Waals surface area contributed by atoms with Gasteiger partial charge in [-0.25, -0.2) is 9.59 Å². The van der Waals surface area contributed by atoms with E-state index in [0.29, 0.717) is 10.2 Å². The first-order valence-electron chi connectivity index (χ1n) is 5.93. The van der Waals surface area contributed by atoms with Crippen LogP contribution in [0, 0.1) is 0 Å². The van der Waals surface area contributed by atoms with Crippen LogP contribution >= 0.6 is 15.9 Å². The Labute approximate surface area is 120 Å². The number of nitrogens with zero attached hydrogens (tertiary/aromatic N) is 1. The number of hydrogen-bond acceptors (Lipinski definition) is 2. The fourth-order valence-electron chi connectivity index (χ4n) is 1.43. The summed E-state index contributed by atoms with van der Waals surface area (Å²) in [5.74, 6) is -1.00. The fourth-order valence-corrected chi connectivity index (χ4v) is 1.90. The Morgan fingerprint density at radius 1 is 1.47 bits per heavy atom. The molecule has 104 valence electrons. The molecule has 2 N–H and O–H groups in total. The van der Waals surface area contributed by atoms with Crippen molar-refractivity contribution in [1.29, 1.82) is 0 Å². The minimum atomic E-state index is -1.00. The minimum Gasteiger partial charge on any atom is -0.478 e. The van der Waals surface area contributed by atoms with Gasteiger partial charge in [0, 0.05) is 17.6 Å². The van der Waals surface area contributed by atoms with Crippen molar-refractivity contribution in [2.45, 2.75) is 26.3 Å². The van der Waals surface area contributed by atoms with E-state index < -0.39 is 5.97 Å². The largest absolute Gasteiger partial charge is 0.478 e. The SMILES string of the molecule is CCC(C)N(C)C(=O)Nc1ccc(C(=O)O)cc1Br. The van der Waals surface area contributed by atoms with Crippen molar-refractivity contribution < 1.29 is 14.7 Å². The minimum absolute atomic E-state index is 0.136. The highest BCUT2D eigenvalue weighted by Gasteiger charge is 2.15. The van der Waals surface area contributed by atoms with Gasteiger partial charge in [0.25, 0.3) is 0 Å². The van der Waals surface area contributed by atoms with Gasteiger partial charge in [0.1, 0.15) is 0 Å². The van der Waals surface area contributed by atoms with Crippen molar-refractivity contribution in [2.75, 3.05) is 12.4 Å². The fraction of sp³-hybridized carbons (Fsp3) is 0.385. The molecular weight excluding hydrogens is 312 g/mol. The predicted octanol–water partition coefficient (Wildman–Crippen LogP) is 3.41. The van der Waals surface area contributed by atoms with Crippen LogP contribution in [0.25, 0.3) is 0 Å². The van der Waals surface area contributed by atoms with Crippen molar-refractivity contribution in [2.24, 2.45) is 0 Å². The second-order valence-electron chi connectivity index (χ2n) is 4.30. The van der Waals surface area contributed by atoms with Crippen LogP contribution in [-0.2, 0) is 0 Å². The third-order valence-electron chi connectivity index (χ3n) is 3.03. The number of rotatable bonds is 4. The first kappa shape index (κ1) is 15.5. The lowest BCUT2D eigenvalue weighted by Crippen LogP contribution is -2.37. The maximum absolute atomic E-state index is 12.0. The Kier molecular flexibility index (Phi) is 5.35. The molecule has 1 rings (SSSR count). The number of anilines is 1. The molecule has 0 aliphatic carbocycles. The quantitative estimate of drug-likeness (QED) is 0.889. The molecule has 0 aliphatic rings. The molecular formula is C13H17BrN2O3. The molecule has 2 amide bonds. The number of urea groups is 1. The van der Waals surface area contributed by atoms with Crippen LogP contribution in [0.5, 0.6) is 0 Å². The molecule has 0 aliphatic heterocycles. The number of aromatic carboxylic acids is 1. The Balaban J connectivity index is 2.83. The van der Waals surface area contributed by atoms with E-state index in [1.54, 1.807) is 18.0 Å². The number of carboxylic acid groups (broad SMARTS) is 1. The molecule has 5 nitrogen and oxygen atoms in total. The average Bonchev–Trinajstić information content (AvgIpc) is 2.38. The van der Waals surface area contributed by atoms with Gasteiger partial charge >= 0.3 is 12.0 Å². The zero-order valence-corrected chi connectivity index (χ0v) is 12.7. The van der Waals surface area contributed by atoms with Crippen LogP contribution in [0.4, 0.5) is 10.5 Å². The normalized spacial score (nSPS) is 11.8. The van der Waals surface area contributed by atoms with Gasteiger partial charge < -0.3 is 15.3 Å². The third-order valence-corrected chi connectivity index (χ3v) is 3.69. The van der Waals surface area contributed by atoms with Gasteiger partial charge in [-0.05, 0) is 47.5 Å². The van der Waals surface area contributed by atoms with Gasteiger partial charge in [-0.1, -0.05) is 6.92 Å². The zero-order chi connectivity index (χ0) is 14.6. The van der Waals surface area contributed by atoms with E-state index in [0.717, 1.165) is 6.42 Å². The van der Waals surface area contributed by atoms with E-state index in [4.69, 9.17) is 5.11 Å². The smallest absolute Gasteiger partial charge is 0.335 e. The molecule has 0 saturated carbocycles. The molecule has 1 atom stereocenters. The van der Waals surface area contributed by atoms with Crippen molar-refractivity contribution in [1.82, 2.24) is 4.90 Å². The van der Waals surface area contributed by atoms with Gasteiger partial charge in [-0.2, -0.15) is 0 Å². The van der Waals surface area contributed by atoms with E-state index in [1.807, 2.05) is 13.8 Å². The summed E-state index contributed by atoms with van der Waals surface area (Å²) in [4.78, 5) is 24.4. The summed E-state index contributed by atoms with van der Waals surface area (Å²) in [5.41, 5.74) is 0.713. The molecule has 19 heavy (non-hydrogen) atoms. The number of amides is 2. The van der Waals surface area contributed by atoms with Gasteiger partial charge in [-0.3, -0.25) is 0 Å². The standard InChI is InChI=1S/C13H17BrN2O3/c1-4-8(2)16(3)13(19)15-11-6-5-9(12(17)18)7-10(11)14/h5-8H,4H2,1-3H3,(H,15,19)(H,17,18). The van der Waals surface area contributed by atoms with Crippen LogP contribution < -0.4 is 5.32 Å². The Hall–Kier alpha value is -1.56. The van der Waals surface area contributed by atoms with Crippen LogP contribution in [0.15, 0.2) is 22.7 Å². The zero-order valence-electron chi connectivity index (χ0n) is 11.1. The third kappa shape index (κ3) is 3.96. The highest BCUT2D eigenvalue weighted by molar-refractivity contribution is 9.10. The lowest BCUT2D eigenvalue weighted by molar-refractivity contribution is 0.0697. The van der Waals surface area contributed by atoms with Crippen molar-refractivity contribution in [3.8, 4) is 0 Å². The highest BCUT2D eigenvalue weighted by Crippen LogP contribution is 2.24. The first-order chi connectivity index (χ1) is 8.86. The molecule has 0 saturated heterocycles. The van der Waals surface area contributed by atoms with E-state index in [-0.39, 0.29) is 17.6 Å². The molecule has 0 heterocycles. The number of carbonyl (C=O) groups excluding carboxylic acids is 1. The summed E-state index contributed by atoms with van der Waals surface area (Å²) in [7, 11) is 1.73. The Morgan fingerprint density at radius 2 is 2.11 bits per heavy atom. The average molecular weight is 329 g/mol. The highest BCUT2D eigenvalue weighted by atomic mass is 79.9. The van der Waals surface area contributed by atoms with E-state index in [2.05, 4.69) is 21.2 Å². The summed E-state index contributed by atoms with van der Waals surface area (Å²) < 4.78 is 0.540. The summed E-state index contributed by atoms with van der Waals surface area (Å²) >= 11 is 3.25. The monoisotopic (exact) mass is 328 g/mol. The molecule has 1 aromatic carbocycles. The maximum atomic E-state index is 12.0. The molecule has 0 fully saturated rings. The van der Waals surface area contributed by atoms with Gasteiger partial charge in [-0.15, -0.1) is 0 Å². The van der Waals surface area contributed by atoms with Gasteiger partial charge in [0.15, 0.2) is 0 Å². The number of nitrogens with one attached hydrogen (secondary N) is 1. The molecule has 1 aromatic rings. The molecule has 1 unspecified atom stereocenters. The second-order valence-corrected chi connectivity index (χ2v) is 5.15. The number of hydrogen-bond donors (Lipinski definition) is 2. The molecule has 0 spiro atoms. The van der Waals surface area contributed by atoms with E-state index in [9.17, 15) is 9.59 Å². The van der Waals surface area contributed by atoms with Crippen molar-refractivity contribution >= 4 is 33.6 Å². The summed E-state index contributed by atoms with van der Waals surface area (Å²) in [6.07, 6.45) is 0.864. The lowest BCUT2D eigenvalue weighted by atomic mass is 10.2. The maximum Gasteiger partial charge on any atom is 0.335 e. The van der Waals surface area contributed by atoms with Gasteiger partial charge in [0.2, 0.25) is 0 Å². The molecule has 6 heteroatoms. The summed E-state index contributed by atoms with van der Waals surface area (Å²) in [6, 6.07) is 4.39. The van der Waals surface area contributed by atoms with Crippen LogP contribution in [0.2, 0.25) is 0 Å². The van der Waals surface area contributed by atoms with Crippen molar-refractivity contribution in [3.63, 3.8) is 0 Å². The van der Waals surface area contributed by atoms with E-state index in [1.165, 1.54) is 12.1 Å². The predicted molar refractivity (Wildman–Crippen MR) is 77.6 cm³/mol. The number of benzene rings is 1. The number of carbonyl (C=O) groups is 2. The van der Waals surface area contributed by atoms with E-state index >= 15 is 0 Å². The van der Waals surface area contributed by atoms with Gasteiger partial charge in [0.05, 0.1) is 11.3 Å². The lowest BCUT2D eigenvalue weighted by Gasteiger charge is -2.24. The Bertz CT molecular complexity index is 491. The number of carboxylic acids is 1. The topological polar surface area (TPSA) is 69.6 Å². The van der Waals surface area contributed by atoms with Crippen LogP contribution in [-0.4, -0.2) is 35.1 Å². The van der Waals surface area contributed by atoms with Crippen LogP contribution in [0.3, 0.4) is 0 Å².